The largest absolute Gasteiger partial charge is 0.469 e. The van der Waals surface area contributed by atoms with Crippen LogP contribution in [0.15, 0.2) is 12.2 Å². The summed E-state index contributed by atoms with van der Waals surface area (Å²) in [5.74, 6) is -1.69. The summed E-state index contributed by atoms with van der Waals surface area (Å²) in [4.78, 5) is 26.2. The summed E-state index contributed by atoms with van der Waals surface area (Å²) >= 11 is 0. The van der Waals surface area contributed by atoms with E-state index in [4.69, 9.17) is 18.0 Å². The summed E-state index contributed by atoms with van der Waals surface area (Å²) in [5, 5.41) is 11.1. The van der Waals surface area contributed by atoms with Crippen LogP contribution in [-0.2, 0) is 27.6 Å². The Morgan fingerprint density at radius 1 is 0.638 bits per heavy atom. The van der Waals surface area contributed by atoms with Crippen molar-refractivity contribution in [1.82, 2.24) is 0 Å². The van der Waals surface area contributed by atoms with E-state index >= 15 is 0 Å². The Balaban J connectivity index is 6.19. The third-order valence-corrected chi connectivity index (χ3v) is 25.2. The molecule has 0 saturated heterocycles. The van der Waals surface area contributed by atoms with Gasteiger partial charge < -0.3 is 23.1 Å². The van der Waals surface area contributed by atoms with Gasteiger partial charge in [0.1, 0.15) is 5.78 Å². The molecule has 8 atom stereocenters. The molecular weight excluding hydrogens is 641 g/mol. The zero-order valence-corrected chi connectivity index (χ0v) is 37.4. The van der Waals surface area contributed by atoms with Gasteiger partial charge in [0.15, 0.2) is 25.0 Å². The first kappa shape index (κ1) is 46.4. The Morgan fingerprint density at radius 2 is 1.02 bits per heavy atom. The van der Waals surface area contributed by atoms with E-state index in [-0.39, 0.29) is 51.4 Å². The molecule has 0 aromatic heterocycles. The van der Waals surface area contributed by atoms with Crippen molar-refractivity contribution in [1.29, 1.82) is 0 Å². The maximum Gasteiger partial charge on any atom is 0.310 e. The smallest absolute Gasteiger partial charge is 0.310 e. The molecule has 0 aliphatic rings. The Bertz CT molecular complexity index is 1030. The zero-order chi connectivity index (χ0) is 37.7. The standard InChI is InChI=1S/C37H76O7Si3/c1-25(32(43-46(18,19)36(9,10)11)26(2)29(5)42-45(16,17)35(6,7)8)22-23-30(38)24-31(39)27(3)33(28(4)34(40)41-15)44-47(20,21)37(12,13)14/h22-23,25-30,32-33,38H,24H2,1-21H3/b23-22-/t25-,26-,27-,28+,29-,30-,32-,33-/m0/s1. The lowest BCUT2D eigenvalue weighted by atomic mass is 9.87. The van der Waals surface area contributed by atoms with Gasteiger partial charge in [-0.15, -0.1) is 0 Å². The van der Waals surface area contributed by atoms with Crippen LogP contribution in [0.5, 0.6) is 0 Å². The number of hydrogen-bond donors (Lipinski definition) is 1. The molecule has 0 aromatic carbocycles. The van der Waals surface area contributed by atoms with Crippen molar-refractivity contribution < 1.29 is 32.7 Å². The maximum absolute atomic E-state index is 13.6. The van der Waals surface area contributed by atoms with Crippen molar-refractivity contribution in [3.05, 3.63) is 12.2 Å². The number of ether oxygens (including phenoxy) is 1. The number of carbonyl (C=O) groups excluding carboxylic acids is 2. The van der Waals surface area contributed by atoms with Gasteiger partial charge in [-0.05, 0) is 74.2 Å². The van der Waals surface area contributed by atoms with E-state index in [0.29, 0.717) is 0 Å². The second-order valence-electron chi connectivity index (χ2n) is 18.7. The molecule has 0 heterocycles. The number of aliphatic hydroxyl groups excluding tert-OH is 1. The SMILES string of the molecule is COC(=O)[C@H](C)[C@@H](O[Si](C)(C)C(C)(C)C)[C@@H](C)C(=O)C[C@@H](O)/C=C\[C@H](C)[C@H](O[Si](C)(C)C(C)(C)C)[C@@H](C)[C@H](C)O[Si](C)(C)C(C)(C)C. The summed E-state index contributed by atoms with van der Waals surface area (Å²) in [6.45, 7) is 43.3. The highest BCUT2D eigenvalue weighted by atomic mass is 28.4. The highest BCUT2D eigenvalue weighted by Crippen LogP contribution is 2.42. The second-order valence-corrected chi connectivity index (χ2v) is 33.0. The molecule has 0 rings (SSSR count). The molecule has 7 nitrogen and oxygen atoms in total. The van der Waals surface area contributed by atoms with E-state index in [2.05, 4.69) is 122 Å². The van der Waals surface area contributed by atoms with Crippen LogP contribution in [0.25, 0.3) is 0 Å². The molecule has 0 aromatic rings. The third kappa shape index (κ3) is 13.2. The van der Waals surface area contributed by atoms with Crippen molar-refractivity contribution >= 4 is 36.7 Å². The van der Waals surface area contributed by atoms with Crippen molar-refractivity contribution in [2.24, 2.45) is 23.7 Å². The first-order chi connectivity index (χ1) is 20.7. The fourth-order valence-electron chi connectivity index (χ4n) is 4.76. The molecule has 47 heavy (non-hydrogen) atoms. The fraction of sp³-hybridized carbons (Fsp3) is 0.892. The topological polar surface area (TPSA) is 91.3 Å². The summed E-state index contributed by atoms with van der Waals surface area (Å²) in [6.07, 6.45) is 1.91. The molecule has 0 radical (unpaired) electrons. The van der Waals surface area contributed by atoms with Crippen LogP contribution in [0.2, 0.25) is 54.4 Å². The minimum absolute atomic E-state index is 0.0107. The number of methoxy groups -OCH3 is 1. The highest BCUT2D eigenvalue weighted by molar-refractivity contribution is 6.75. The van der Waals surface area contributed by atoms with Gasteiger partial charge in [0.25, 0.3) is 0 Å². The number of aliphatic hydroxyl groups is 1. The lowest BCUT2D eigenvalue weighted by Crippen LogP contribution is -2.51. The molecule has 0 aliphatic carbocycles. The molecule has 0 aliphatic heterocycles. The third-order valence-electron chi connectivity index (χ3n) is 11.7. The van der Waals surface area contributed by atoms with E-state index < -0.39 is 55.0 Å². The van der Waals surface area contributed by atoms with E-state index in [1.54, 1.807) is 19.9 Å². The monoisotopic (exact) mass is 716 g/mol. The Kier molecular flexibility index (Phi) is 16.8. The molecule has 0 saturated carbocycles. The van der Waals surface area contributed by atoms with Gasteiger partial charge in [-0.3, -0.25) is 9.59 Å². The van der Waals surface area contributed by atoms with Crippen LogP contribution in [0.4, 0.5) is 0 Å². The number of hydrogen-bond acceptors (Lipinski definition) is 7. The van der Waals surface area contributed by atoms with Crippen molar-refractivity contribution in [3.8, 4) is 0 Å². The fourth-order valence-corrected chi connectivity index (χ4v) is 9.16. The van der Waals surface area contributed by atoms with Gasteiger partial charge in [0, 0.05) is 24.4 Å². The van der Waals surface area contributed by atoms with E-state index in [1.165, 1.54) is 7.11 Å². The van der Waals surface area contributed by atoms with E-state index in [9.17, 15) is 14.7 Å². The van der Waals surface area contributed by atoms with Crippen LogP contribution in [0.1, 0.15) is 103 Å². The van der Waals surface area contributed by atoms with Crippen molar-refractivity contribution in [3.63, 3.8) is 0 Å². The van der Waals surface area contributed by atoms with Gasteiger partial charge in [-0.2, -0.15) is 0 Å². The van der Waals surface area contributed by atoms with Crippen molar-refractivity contribution in [2.45, 2.75) is 182 Å². The van der Waals surface area contributed by atoms with Gasteiger partial charge >= 0.3 is 5.97 Å². The van der Waals surface area contributed by atoms with Gasteiger partial charge in [0.05, 0.1) is 31.3 Å². The number of Topliss-reactive ketones (excluding diaryl/α,β-unsaturated/α-hetero) is 1. The Morgan fingerprint density at radius 3 is 1.40 bits per heavy atom. The van der Waals surface area contributed by atoms with Gasteiger partial charge in [0.2, 0.25) is 0 Å². The summed E-state index contributed by atoms with van der Waals surface area (Å²) < 4.78 is 25.6. The van der Waals surface area contributed by atoms with Crippen molar-refractivity contribution in [2.75, 3.05) is 7.11 Å². The highest BCUT2D eigenvalue weighted by Gasteiger charge is 2.46. The molecule has 0 bridgehead atoms. The molecule has 0 fully saturated rings. The summed E-state index contributed by atoms with van der Waals surface area (Å²) in [6, 6.07) is 0. The van der Waals surface area contributed by atoms with Crippen LogP contribution in [0, 0.1) is 23.7 Å². The second kappa shape index (κ2) is 17.1. The average molecular weight is 717 g/mol. The Labute approximate surface area is 293 Å². The quantitative estimate of drug-likeness (QED) is 0.0911. The van der Waals surface area contributed by atoms with Crippen LogP contribution >= 0.6 is 0 Å². The minimum atomic E-state index is -2.31. The maximum atomic E-state index is 13.6. The van der Waals surface area contributed by atoms with Gasteiger partial charge in [-0.1, -0.05) is 95.2 Å². The average Bonchev–Trinajstić information content (AvgIpc) is 2.89. The van der Waals surface area contributed by atoms with E-state index in [0.717, 1.165) is 0 Å². The van der Waals surface area contributed by atoms with Crippen LogP contribution in [-0.4, -0.2) is 73.3 Å². The predicted octanol–water partition coefficient (Wildman–Crippen LogP) is 9.77. The number of rotatable bonds is 17. The molecule has 0 amide bonds. The van der Waals surface area contributed by atoms with Crippen LogP contribution < -0.4 is 0 Å². The van der Waals surface area contributed by atoms with Crippen LogP contribution in [0.3, 0.4) is 0 Å². The molecular formula is C37H76O7Si3. The number of ketones is 1. The molecule has 1 N–H and O–H groups in total. The first-order valence-electron chi connectivity index (χ1n) is 17.7. The molecule has 278 valence electrons. The molecule has 0 unspecified atom stereocenters. The molecule has 10 heteroatoms. The van der Waals surface area contributed by atoms with Gasteiger partial charge in [-0.25, -0.2) is 0 Å². The number of carbonyl (C=O) groups is 2. The van der Waals surface area contributed by atoms with E-state index in [1.807, 2.05) is 6.08 Å². The first-order valence-corrected chi connectivity index (χ1v) is 26.5. The molecule has 0 spiro atoms. The normalized spacial score (nSPS) is 19.4. The number of esters is 1. The summed E-state index contributed by atoms with van der Waals surface area (Å²) in [5.41, 5.74) is 0. The Hall–Kier alpha value is -0.629. The lowest BCUT2D eigenvalue weighted by molar-refractivity contribution is -0.150. The minimum Gasteiger partial charge on any atom is -0.469 e. The summed E-state index contributed by atoms with van der Waals surface area (Å²) in [7, 11) is -5.11. The zero-order valence-electron chi connectivity index (χ0n) is 34.4. The lowest BCUT2D eigenvalue weighted by Gasteiger charge is -2.45. The predicted molar refractivity (Wildman–Crippen MR) is 205 cm³/mol.